The summed E-state index contributed by atoms with van der Waals surface area (Å²) >= 11 is 0. The van der Waals surface area contributed by atoms with Crippen LogP contribution in [0.15, 0.2) is 0 Å². The van der Waals surface area contributed by atoms with Gasteiger partial charge >= 0.3 is 6.03 Å². The van der Waals surface area contributed by atoms with Gasteiger partial charge in [-0.2, -0.15) is 0 Å². The molecular formula is C15H27N3O2. The quantitative estimate of drug-likeness (QED) is 0.806. The highest BCUT2D eigenvalue weighted by molar-refractivity contribution is 5.77. The summed E-state index contributed by atoms with van der Waals surface area (Å²) in [6.07, 6.45) is 4.85. The third kappa shape index (κ3) is 5.02. The summed E-state index contributed by atoms with van der Waals surface area (Å²) in [5, 5.41) is 5.98. The third-order valence-electron chi connectivity index (χ3n) is 3.88. The Balaban J connectivity index is 1.72. The van der Waals surface area contributed by atoms with Gasteiger partial charge in [0.1, 0.15) is 0 Å². The SMILES string of the molecule is CC(C)CNC(=O)N1CCC[C@H](CC(=O)NC2CC2)C1. The minimum Gasteiger partial charge on any atom is -0.353 e. The van der Waals surface area contributed by atoms with Gasteiger partial charge in [0.05, 0.1) is 0 Å². The molecule has 1 saturated heterocycles. The number of nitrogens with one attached hydrogen (secondary N) is 2. The Hall–Kier alpha value is -1.26. The van der Waals surface area contributed by atoms with E-state index in [4.69, 9.17) is 0 Å². The van der Waals surface area contributed by atoms with E-state index in [2.05, 4.69) is 24.5 Å². The van der Waals surface area contributed by atoms with E-state index in [-0.39, 0.29) is 11.9 Å². The van der Waals surface area contributed by atoms with Crippen LogP contribution in [0.3, 0.4) is 0 Å². The number of piperidine rings is 1. The van der Waals surface area contributed by atoms with E-state index < -0.39 is 0 Å². The van der Waals surface area contributed by atoms with E-state index in [1.165, 1.54) is 0 Å². The van der Waals surface area contributed by atoms with Gasteiger partial charge in [-0.15, -0.1) is 0 Å². The molecule has 2 aliphatic rings. The predicted molar refractivity (Wildman–Crippen MR) is 78.3 cm³/mol. The van der Waals surface area contributed by atoms with Crippen LogP contribution in [0.1, 0.15) is 46.0 Å². The summed E-state index contributed by atoms with van der Waals surface area (Å²) in [7, 11) is 0. The zero-order chi connectivity index (χ0) is 14.5. The Labute approximate surface area is 121 Å². The molecule has 0 aromatic rings. The molecule has 1 aliphatic carbocycles. The van der Waals surface area contributed by atoms with Crippen LogP contribution in [-0.2, 0) is 4.79 Å². The minimum absolute atomic E-state index is 0.0194. The summed E-state index contributed by atoms with van der Waals surface area (Å²) in [5.74, 6) is 0.929. The molecule has 3 amide bonds. The van der Waals surface area contributed by atoms with Crippen molar-refractivity contribution in [2.45, 2.75) is 52.0 Å². The fourth-order valence-electron chi connectivity index (χ4n) is 2.60. The number of carbonyl (C=O) groups excluding carboxylic acids is 2. The highest BCUT2D eigenvalue weighted by Gasteiger charge is 2.28. The molecule has 0 aromatic carbocycles. The number of urea groups is 1. The minimum atomic E-state index is 0.0194. The topological polar surface area (TPSA) is 61.4 Å². The highest BCUT2D eigenvalue weighted by Crippen LogP contribution is 2.22. The van der Waals surface area contributed by atoms with Gasteiger partial charge < -0.3 is 15.5 Å². The van der Waals surface area contributed by atoms with E-state index in [1.54, 1.807) is 0 Å². The van der Waals surface area contributed by atoms with E-state index in [1.807, 2.05) is 4.90 Å². The number of carbonyl (C=O) groups is 2. The lowest BCUT2D eigenvalue weighted by Crippen LogP contribution is -2.47. The number of likely N-dealkylation sites (tertiary alicyclic amines) is 1. The van der Waals surface area contributed by atoms with Crippen LogP contribution in [0.4, 0.5) is 4.79 Å². The van der Waals surface area contributed by atoms with Gasteiger partial charge in [0.25, 0.3) is 0 Å². The van der Waals surface area contributed by atoms with Crippen molar-refractivity contribution >= 4 is 11.9 Å². The molecule has 1 atom stereocenters. The average molecular weight is 281 g/mol. The van der Waals surface area contributed by atoms with Gasteiger partial charge in [-0.05, 0) is 37.5 Å². The first-order chi connectivity index (χ1) is 9.54. The molecule has 5 heteroatoms. The molecule has 1 aliphatic heterocycles. The van der Waals surface area contributed by atoms with E-state index in [9.17, 15) is 9.59 Å². The van der Waals surface area contributed by atoms with Gasteiger partial charge in [-0.25, -0.2) is 4.79 Å². The molecule has 5 nitrogen and oxygen atoms in total. The average Bonchev–Trinajstić information content (AvgIpc) is 3.19. The van der Waals surface area contributed by atoms with Crippen LogP contribution in [-0.4, -0.2) is 42.5 Å². The van der Waals surface area contributed by atoms with Gasteiger partial charge in [0.15, 0.2) is 0 Å². The van der Waals surface area contributed by atoms with Crippen LogP contribution in [0.25, 0.3) is 0 Å². The molecule has 2 rings (SSSR count). The molecule has 0 aromatic heterocycles. The Morgan fingerprint density at radius 2 is 2.00 bits per heavy atom. The van der Waals surface area contributed by atoms with Crippen molar-refractivity contribution in [2.24, 2.45) is 11.8 Å². The fraction of sp³-hybridized carbons (Fsp3) is 0.867. The van der Waals surface area contributed by atoms with Crippen LogP contribution in [0, 0.1) is 11.8 Å². The number of amides is 3. The van der Waals surface area contributed by atoms with E-state index in [0.717, 1.165) is 32.2 Å². The monoisotopic (exact) mass is 281 g/mol. The number of hydrogen-bond acceptors (Lipinski definition) is 2. The van der Waals surface area contributed by atoms with Gasteiger partial charge in [0, 0.05) is 32.1 Å². The van der Waals surface area contributed by atoms with Crippen molar-refractivity contribution in [1.29, 1.82) is 0 Å². The largest absolute Gasteiger partial charge is 0.353 e. The maximum Gasteiger partial charge on any atom is 0.317 e. The van der Waals surface area contributed by atoms with Crippen molar-refractivity contribution in [3.63, 3.8) is 0 Å². The molecule has 1 saturated carbocycles. The van der Waals surface area contributed by atoms with E-state index in [0.29, 0.717) is 37.4 Å². The van der Waals surface area contributed by atoms with Gasteiger partial charge in [-0.1, -0.05) is 13.8 Å². The lowest BCUT2D eigenvalue weighted by atomic mass is 9.94. The molecule has 2 fully saturated rings. The summed E-state index contributed by atoms with van der Waals surface area (Å²) in [6, 6.07) is 0.447. The summed E-state index contributed by atoms with van der Waals surface area (Å²) in [5.41, 5.74) is 0. The zero-order valence-corrected chi connectivity index (χ0v) is 12.7. The smallest absolute Gasteiger partial charge is 0.317 e. The molecule has 0 spiro atoms. The molecule has 20 heavy (non-hydrogen) atoms. The highest BCUT2D eigenvalue weighted by atomic mass is 16.2. The number of nitrogens with zero attached hydrogens (tertiary/aromatic N) is 1. The van der Waals surface area contributed by atoms with Gasteiger partial charge in [-0.3, -0.25) is 4.79 Å². The van der Waals surface area contributed by atoms with Gasteiger partial charge in [0.2, 0.25) is 5.91 Å². The van der Waals surface area contributed by atoms with Crippen molar-refractivity contribution in [2.75, 3.05) is 19.6 Å². The molecule has 0 unspecified atom stereocenters. The second-order valence-electron chi connectivity index (χ2n) is 6.58. The van der Waals surface area contributed by atoms with Crippen molar-refractivity contribution in [3.05, 3.63) is 0 Å². The second-order valence-corrected chi connectivity index (χ2v) is 6.58. The molecular weight excluding hydrogens is 254 g/mol. The molecule has 0 radical (unpaired) electrons. The Kier molecular flexibility index (Phi) is 5.26. The zero-order valence-electron chi connectivity index (χ0n) is 12.7. The molecule has 114 valence electrons. The molecule has 2 N–H and O–H groups in total. The Morgan fingerprint density at radius 3 is 2.65 bits per heavy atom. The predicted octanol–water partition coefficient (Wildman–Crippen LogP) is 1.73. The maximum absolute atomic E-state index is 12.0. The second kappa shape index (κ2) is 6.95. The lowest BCUT2D eigenvalue weighted by molar-refractivity contribution is -0.122. The van der Waals surface area contributed by atoms with Crippen LogP contribution in [0.5, 0.6) is 0 Å². The van der Waals surface area contributed by atoms with Crippen LogP contribution < -0.4 is 10.6 Å². The first-order valence-corrected chi connectivity index (χ1v) is 7.86. The standard InChI is InChI=1S/C15H27N3O2/c1-11(2)9-16-15(20)18-7-3-4-12(10-18)8-14(19)17-13-5-6-13/h11-13H,3-10H2,1-2H3,(H,16,20)(H,17,19)/t12-/m1/s1. The molecule has 0 bridgehead atoms. The summed E-state index contributed by atoms with van der Waals surface area (Å²) in [6.45, 7) is 6.40. The summed E-state index contributed by atoms with van der Waals surface area (Å²) in [4.78, 5) is 25.7. The summed E-state index contributed by atoms with van der Waals surface area (Å²) < 4.78 is 0. The number of rotatable bonds is 5. The van der Waals surface area contributed by atoms with Crippen LogP contribution >= 0.6 is 0 Å². The van der Waals surface area contributed by atoms with Crippen molar-refractivity contribution in [1.82, 2.24) is 15.5 Å². The Bertz CT molecular complexity index is 353. The molecule has 1 heterocycles. The third-order valence-corrected chi connectivity index (χ3v) is 3.88. The first-order valence-electron chi connectivity index (χ1n) is 7.86. The normalized spacial score (nSPS) is 22.8. The van der Waals surface area contributed by atoms with Crippen LogP contribution in [0.2, 0.25) is 0 Å². The lowest BCUT2D eigenvalue weighted by Gasteiger charge is -2.32. The van der Waals surface area contributed by atoms with Crippen molar-refractivity contribution < 1.29 is 9.59 Å². The fourth-order valence-corrected chi connectivity index (χ4v) is 2.60. The Morgan fingerprint density at radius 1 is 1.25 bits per heavy atom. The number of hydrogen-bond donors (Lipinski definition) is 2. The van der Waals surface area contributed by atoms with Crippen molar-refractivity contribution in [3.8, 4) is 0 Å². The first kappa shape index (κ1) is 15.1. The van der Waals surface area contributed by atoms with E-state index >= 15 is 0 Å². The maximum atomic E-state index is 12.0.